The summed E-state index contributed by atoms with van der Waals surface area (Å²) in [5.74, 6) is -0.775. The van der Waals surface area contributed by atoms with E-state index in [1.165, 1.54) is 6.92 Å². The minimum atomic E-state index is -0.864. The smallest absolute Gasteiger partial charge is 0.320 e. The van der Waals surface area contributed by atoms with Crippen LogP contribution in [0.3, 0.4) is 0 Å². The first kappa shape index (κ1) is 18.6. The third-order valence-electron chi connectivity index (χ3n) is 4.14. The number of nitrogens with one attached hydrogen (secondary N) is 2. The van der Waals surface area contributed by atoms with Crippen LogP contribution < -0.4 is 10.6 Å². The van der Waals surface area contributed by atoms with Crippen LogP contribution >= 0.6 is 0 Å². The Morgan fingerprint density at radius 1 is 1.41 bits per heavy atom. The monoisotopic (exact) mass is 312 g/mol. The van der Waals surface area contributed by atoms with Gasteiger partial charge in [-0.1, -0.05) is 26.0 Å². The van der Waals surface area contributed by atoms with E-state index in [0.29, 0.717) is 6.42 Å². The van der Waals surface area contributed by atoms with Crippen LogP contribution in [0.15, 0.2) is 12.2 Å². The van der Waals surface area contributed by atoms with Crippen molar-refractivity contribution >= 4 is 11.9 Å². The number of carbonyl (C=O) groups is 2. The van der Waals surface area contributed by atoms with Crippen molar-refractivity contribution in [3.63, 3.8) is 0 Å². The second-order valence-corrected chi connectivity index (χ2v) is 6.18. The summed E-state index contributed by atoms with van der Waals surface area (Å²) in [5.41, 5.74) is 0. The summed E-state index contributed by atoms with van der Waals surface area (Å²) in [6, 6.07) is -1.06. The molecule has 6 nitrogen and oxygen atoms in total. The fourth-order valence-corrected chi connectivity index (χ4v) is 3.27. The van der Waals surface area contributed by atoms with Crippen LogP contribution in [0.25, 0.3) is 0 Å². The molecule has 1 aliphatic rings. The Balaban J connectivity index is 3.08. The SMILES string of the molecule is C/C=C\[C@@H]1C[C@H](C(=O)O)N[C@H]1[C@@H](NC(C)=O)[C@@H](OC)C(C)C. The Morgan fingerprint density at radius 2 is 2.05 bits per heavy atom. The van der Waals surface area contributed by atoms with Gasteiger partial charge in [-0.25, -0.2) is 0 Å². The molecule has 0 unspecified atom stereocenters. The van der Waals surface area contributed by atoms with E-state index in [9.17, 15) is 14.7 Å². The van der Waals surface area contributed by atoms with Crippen LogP contribution in [0.5, 0.6) is 0 Å². The van der Waals surface area contributed by atoms with E-state index in [1.54, 1.807) is 7.11 Å². The second kappa shape index (κ2) is 8.29. The number of rotatable bonds is 7. The molecule has 0 aliphatic carbocycles. The summed E-state index contributed by atoms with van der Waals surface area (Å²) < 4.78 is 5.58. The Morgan fingerprint density at radius 3 is 2.45 bits per heavy atom. The maximum absolute atomic E-state index is 11.6. The van der Waals surface area contributed by atoms with Crippen molar-refractivity contribution in [2.75, 3.05) is 7.11 Å². The van der Waals surface area contributed by atoms with Crippen LogP contribution in [-0.4, -0.2) is 48.3 Å². The van der Waals surface area contributed by atoms with Crippen LogP contribution in [0.1, 0.15) is 34.1 Å². The number of allylic oxidation sites excluding steroid dienone is 1. The van der Waals surface area contributed by atoms with Gasteiger partial charge in [0.2, 0.25) is 5.91 Å². The van der Waals surface area contributed by atoms with Gasteiger partial charge in [-0.2, -0.15) is 0 Å². The van der Waals surface area contributed by atoms with Crippen LogP contribution in [0.2, 0.25) is 0 Å². The maximum atomic E-state index is 11.6. The molecule has 0 aromatic rings. The van der Waals surface area contributed by atoms with E-state index in [1.807, 2.05) is 32.9 Å². The number of carbonyl (C=O) groups excluding carboxylic acids is 1. The zero-order chi connectivity index (χ0) is 16.9. The molecule has 0 bridgehead atoms. The largest absolute Gasteiger partial charge is 0.480 e. The van der Waals surface area contributed by atoms with E-state index >= 15 is 0 Å². The molecule has 0 aromatic heterocycles. The highest BCUT2D eigenvalue weighted by molar-refractivity contribution is 5.75. The molecule has 1 aliphatic heterocycles. The quantitative estimate of drug-likeness (QED) is 0.614. The molecule has 1 rings (SSSR count). The molecular weight excluding hydrogens is 284 g/mol. The minimum absolute atomic E-state index is 0.0411. The lowest BCUT2D eigenvalue weighted by molar-refractivity contribution is -0.139. The summed E-state index contributed by atoms with van der Waals surface area (Å²) in [6.07, 6.45) is 4.24. The van der Waals surface area contributed by atoms with Gasteiger partial charge < -0.3 is 15.2 Å². The van der Waals surface area contributed by atoms with Gasteiger partial charge in [0.25, 0.3) is 0 Å². The molecule has 3 N–H and O–H groups in total. The first-order valence-electron chi connectivity index (χ1n) is 7.73. The Hall–Kier alpha value is -1.40. The van der Waals surface area contributed by atoms with Crippen molar-refractivity contribution in [1.29, 1.82) is 0 Å². The highest BCUT2D eigenvalue weighted by Crippen LogP contribution is 2.28. The molecule has 1 heterocycles. The molecule has 0 saturated carbocycles. The van der Waals surface area contributed by atoms with Crippen molar-refractivity contribution in [3.05, 3.63) is 12.2 Å². The van der Waals surface area contributed by atoms with Crippen molar-refractivity contribution in [3.8, 4) is 0 Å². The molecule has 5 atom stereocenters. The van der Waals surface area contributed by atoms with Gasteiger partial charge in [0.15, 0.2) is 0 Å². The summed E-state index contributed by atoms with van der Waals surface area (Å²) in [7, 11) is 1.62. The van der Waals surface area contributed by atoms with E-state index in [2.05, 4.69) is 10.6 Å². The molecule has 0 aromatic carbocycles. The van der Waals surface area contributed by atoms with Gasteiger partial charge in [0, 0.05) is 20.1 Å². The lowest BCUT2D eigenvalue weighted by atomic mass is 9.86. The molecular formula is C16H28N2O4. The zero-order valence-corrected chi connectivity index (χ0v) is 14.0. The van der Waals surface area contributed by atoms with Gasteiger partial charge >= 0.3 is 5.97 Å². The summed E-state index contributed by atoms with van der Waals surface area (Å²) >= 11 is 0. The van der Waals surface area contributed by atoms with E-state index in [-0.39, 0.29) is 35.9 Å². The average Bonchev–Trinajstić information content (AvgIpc) is 2.82. The van der Waals surface area contributed by atoms with E-state index < -0.39 is 12.0 Å². The predicted octanol–water partition coefficient (Wildman–Crippen LogP) is 1.17. The number of carboxylic acids is 1. The average molecular weight is 312 g/mol. The summed E-state index contributed by atoms with van der Waals surface area (Å²) in [5, 5.41) is 15.4. The molecule has 6 heteroatoms. The maximum Gasteiger partial charge on any atom is 0.320 e. The zero-order valence-electron chi connectivity index (χ0n) is 14.0. The molecule has 0 radical (unpaired) electrons. The van der Waals surface area contributed by atoms with Crippen LogP contribution in [0.4, 0.5) is 0 Å². The Kier molecular flexibility index (Phi) is 7.03. The predicted molar refractivity (Wildman–Crippen MR) is 84.5 cm³/mol. The molecule has 22 heavy (non-hydrogen) atoms. The molecule has 126 valence electrons. The lowest BCUT2D eigenvalue weighted by Crippen LogP contribution is -2.58. The number of aliphatic carboxylic acids is 1. The van der Waals surface area contributed by atoms with Gasteiger partial charge in [-0.15, -0.1) is 0 Å². The summed E-state index contributed by atoms with van der Waals surface area (Å²) in [4.78, 5) is 22.9. The third-order valence-corrected chi connectivity index (χ3v) is 4.14. The lowest BCUT2D eigenvalue weighted by Gasteiger charge is -2.36. The van der Waals surface area contributed by atoms with Crippen LogP contribution in [0, 0.1) is 11.8 Å². The molecule has 1 fully saturated rings. The Bertz CT molecular complexity index is 422. The second-order valence-electron chi connectivity index (χ2n) is 6.18. The summed E-state index contributed by atoms with van der Waals surface area (Å²) in [6.45, 7) is 7.43. The minimum Gasteiger partial charge on any atom is -0.480 e. The first-order chi connectivity index (χ1) is 10.3. The Labute approximate surface area is 132 Å². The number of amides is 1. The number of methoxy groups -OCH3 is 1. The van der Waals surface area contributed by atoms with Crippen molar-refractivity contribution in [1.82, 2.24) is 10.6 Å². The van der Waals surface area contributed by atoms with Gasteiger partial charge in [-0.3, -0.25) is 14.9 Å². The van der Waals surface area contributed by atoms with Crippen LogP contribution in [-0.2, 0) is 14.3 Å². The van der Waals surface area contributed by atoms with Gasteiger partial charge in [0.05, 0.1) is 12.1 Å². The number of hydrogen-bond donors (Lipinski definition) is 3. The molecule has 1 amide bonds. The van der Waals surface area contributed by atoms with Crippen molar-refractivity contribution in [2.45, 2.75) is 58.3 Å². The first-order valence-corrected chi connectivity index (χ1v) is 7.73. The number of ether oxygens (including phenoxy) is 1. The fraction of sp³-hybridized carbons (Fsp3) is 0.750. The number of hydrogen-bond acceptors (Lipinski definition) is 4. The topological polar surface area (TPSA) is 87.7 Å². The fourth-order valence-electron chi connectivity index (χ4n) is 3.27. The van der Waals surface area contributed by atoms with Gasteiger partial charge in [-0.05, 0) is 25.2 Å². The van der Waals surface area contributed by atoms with E-state index in [0.717, 1.165) is 0 Å². The number of carboxylic acid groups (broad SMARTS) is 1. The van der Waals surface area contributed by atoms with Gasteiger partial charge in [0.1, 0.15) is 6.04 Å². The standard InChI is InChI=1S/C16H28N2O4/c1-6-7-11-8-12(16(20)21)18-13(11)14(17-10(4)19)15(22-5)9(2)3/h6-7,9,11-15,18H,8H2,1-5H3,(H,17,19)(H,20,21)/b7-6-/t11-,12-,13-,14-,15+/m1/s1. The van der Waals surface area contributed by atoms with E-state index in [4.69, 9.17) is 4.74 Å². The third kappa shape index (κ3) is 4.55. The van der Waals surface area contributed by atoms with Crippen molar-refractivity contribution in [2.24, 2.45) is 11.8 Å². The normalized spacial score (nSPS) is 28.0. The highest BCUT2D eigenvalue weighted by Gasteiger charge is 2.43. The molecule has 0 spiro atoms. The highest BCUT2D eigenvalue weighted by atomic mass is 16.5. The molecule has 1 saturated heterocycles. The van der Waals surface area contributed by atoms with Crippen molar-refractivity contribution < 1.29 is 19.4 Å².